The molecule has 1 saturated heterocycles. The van der Waals surface area contributed by atoms with E-state index >= 15 is 0 Å². The third kappa shape index (κ3) is 7.00. The van der Waals surface area contributed by atoms with E-state index in [9.17, 15) is 13.6 Å². The first-order valence-electron chi connectivity index (χ1n) is 16.3. The van der Waals surface area contributed by atoms with Crippen LogP contribution in [0, 0.1) is 19.4 Å². The number of aromatic nitrogens is 3. The Morgan fingerprint density at radius 1 is 1.23 bits per heavy atom. The molecule has 0 spiro atoms. The number of likely N-dealkylation sites (N-methyl/N-ethyl adjacent to an activating group) is 1. The van der Waals surface area contributed by atoms with Gasteiger partial charge in [0.2, 0.25) is 18.4 Å². The Morgan fingerprint density at radius 3 is 2.79 bits per heavy atom. The summed E-state index contributed by atoms with van der Waals surface area (Å²) in [5.74, 6) is -1.95. The van der Waals surface area contributed by atoms with Gasteiger partial charge in [-0.15, -0.1) is 0 Å². The second-order valence-electron chi connectivity index (χ2n) is 13.2. The molecule has 0 bridgehead atoms. The quantitative estimate of drug-likeness (QED) is 0.231. The lowest BCUT2D eigenvalue weighted by molar-refractivity contribution is -0.128. The number of carbonyl (C=O) groups is 1. The van der Waals surface area contributed by atoms with Gasteiger partial charge >= 0.3 is 6.01 Å². The summed E-state index contributed by atoms with van der Waals surface area (Å²) in [5, 5.41) is 2.25. The minimum atomic E-state index is -2.53. The lowest BCUT2D eigenvalue weighted by Crippen LogP contribution is -2.56. The zero-order valence-electron chi connectivity index (χ0n) is 27.3. The van der Waals surface area contributed by atoms with Crippen LogP contribution in [0.3, 0.4) is 0 Å². The van der Waals surface area contributed by atoms with Crippen LogP contribution in [-0.4, -0.2) is 102 Å². The highest BCUT2D eigenvalue weighted by atomic mass is 19.3. The van der Waals surface area contributed by atoms with Crippen molar-refractivity contribution in [2.75, 3.05) is 62.7 Å². The van der Waals surface area contributed by atoms with Crippen molar-refractivity contribution in [1.82, 2.24) is 24.8 Å². The van der Waals surface area contributed by atoms with Crippen LogP contribution < -0.4 is 14.5 Å². The molecule has 6 rings (SSSR count). The highest BCUT2D eigenvalue weighted by Crippen LogP contribution is 2.42. The smallest absolute Gasteiger partial charge is 0.318 e. The van der Waals surface area contributed by atoms with Gasteiger partial charge in [-0.1, -0.05) is 24.8 Å². The normalized spacial score (nSPS) is 20.0. The molecule has 1 amide bonds. The Balaban J connectivity index is 1.28. The lowest BCUT2D eigenvalue weighted by atomic mass is 9.81. The van der Waals surface area contributed by atoms with Crippen molar-refractivity contribution in [3.05, 3.63) is 71.5 Å². The number of halogens is 2. The van der Waals surface area contributed by atoms with Crippen molar-refractivity contribution in [1.29, 1.82) is 0 Å². The molecule has 47 heavy (non-hydrogen) atoms. The predicted octanol–water partition coefficient (Wildman–Crippen LogP) is 4.76. The standard InChI is InChI=1S/C35H42F2N8O2/c1-6-31(46)45-13-12-44(21-27(45)17-38-4)33-28-10-11-43(30-18-39-16-26-9-7-8-23(2)32(26)30)22-29(28)40-34(41-33)47-24(3)19-42(5)20-25-14-35(36,37)15-25/h6-9,16,18,24-25,27H,1,10-15,17,19-22H2,2-3,5H3/t24-,27+/m1/s1. The van der Waals surface area contributed by atoms with Gasteiger partial charge in [0.25, 0.3) is 0 Å². The number of alkyl halides is 2. The molecule has 4 heterocycles. The number of rotatable bonds is 10. The highest BCUT2D eigenvalue weighted by molar-refractivity contribution is 5.96. The summed E-state index contributed by atoms with van der Waals surface area (Å²) in [4.78, 5) is 38.9. The monoisotopic (exact) mass is 644 g/mol. The van der Waals surface area contributed by atoms with Crippen molar-refractivity contribution in [3.8, 4) is 6.01 Å². The first kappa shape index (κ1) is 32.6. The molecule has 1 aliphatic carbocycles. The van der Waals surface area contributed by atoms with Crippen LogP contribution in [0.15, 0.2) is 43.2 Å². The molecule has 248 valence electrons. The van der Waals surface area contributed by atoms with Gasteiger partial charge in [-0.2, -0.15) is 9.97 Å². The second kappa shape index (κ2) is 13.4. The summed E-state index contributed by atoms with van der Waals surface area (Å²) in [6.07, 6.45) is 5.41. The van der Waals surface area contributed by atoms with E-state index in [4.69, 9.17) is 21.3 Å². The van der Waals surface area contributed by atoms with Gasteiger partial charge < -0.3 is 29.2 Å². The van der Waals surface area contributed by atoms with Gasteiger partial charge in [-0.3, -0.25) is 9.78 Å². The van der Waals surface area contributed by atoms with Crippen LogP contribution in [0.2, 0.25) is 0 Å². The fraction of sp³-hybridized carbons (Fsp3) is 0.514. The highest BCUT2D eigenvalue weighted by Gasteiger charge is 2.45. The Bertz CT molecular complexity index is 1680. The zero-order chi connectivity index (χ0) is 33.3. The van der Waals surface area contributed by atoms with Crippen molar-refractivity contribution in [2.24, 2.45) is 5.92 Å². The Hall–Kier alpha value is -4.37. The van der Waals surface area contributed by atoms with Crippen molar-refractivity contribution >= 4 is 28.2 Å². The molecule has 2 aromatic heterocycles. The predicted molar refractivity (Wildman–Crippen MR) is 178 cm³/mol. The molecule has 3 aliphatic rings. The van der Waals surface area contributed by atoms with Gasteiger partial charge in [0.1, 0.15) is 18.0 Å². The number of carbonyl (C=O) groups excluding carboxylic acids is 1. The number of benzene rings is 1. The number of fused-ring (bicyclic) bond motifs is 2. The fourth-order valence-corrected chi connectivity index (χ4v) is 7.35. The van der Waals surface area contributed by atoms with Crippen LogP contribution in [0.1, 0.15) is 36.6 Å². The molecule has 1 aromatic carbocycles. The number of ether oxygens (including phenoxy) is 1. The molecular formula is C35H42F2N8O2. The maximum atomic E-state index is 13.4. The van der Waals surface area contributed by atoms with E-state index < -0.39 is 5.92 Å². The number of hydrogen-bond donors (Lipinski definition) is 0. The zero-order valence-corrected chi connectivity index (χ0v) is 27.3. The van der Waals surface area contributed by atoms with Crippen molar-refractivity contribution in [3.63, 3.8) is 0 Å². The number of pyridine rings is 1. The SMILES string of the molecule is [C-]#[N+]C[C@H]1CN(c2nc(O[C@H](C)CN(C)CC3CC(F)(F)C3)nc3c2CCN(c2cncc4cccc(C)c24)C3)CCN1C(=O)C=C. The fourth-order valence-electron chi connectivity index (χ4n) is 7.35. The summed E-state index contributed by atoms with van der Waals surface area (Å²) in [7, 11) is 1.93. The number of amides is 1. The molecule has 10 nitrogen and oxygen atoms in total. The Kier molecular flexibility index (Phi) is 9.28. The largest absolute Gasteiger partial charge is 0.459 e. The molecule has 2 aliphatic heterocycles. The van der Waals surface area contributed by atoms with E-state index in [0.29, 0.717) is 45.7 Å². The minimum absolute atomic E-state index is 0.0120. The van der Waals surface area contributed by atoms with Gasteiger partial charge in [0, 0.05) is 74.6 Å². The van der Waals surface area contributed by atoms with Gasteiger partial charge in [-0.05, 0) is 44.9 Å². The van der Waals surface area contributed by atoms with E-state index in [1.165, 1.54) is 17.0 Å². The summed E-state index contributed by atoms with van der Waals surface area (Å²) in [5.41, 5.74) is 4.14. The van der Waals surface area contributed by atoms with E-state index in [1.807, 2.05) is 37.3 Å². The molecule has 2 atom stereocenters. The Morgan fingerprint density at radius 2 is 2.04 bits per heavy atom. The van der Waals surface area contributed by atoms with Gasteiger partial charge in [0.05, 0.1) is 24.1 Å². The van der Waals surface area contributed by atoms with Crippen molar-refractivity contribution < 1.29 is 18.3 Å². The number of hydrogen-bond acceptors (Lipinski definition) is 8. The van der Waals surface area contributed by atoms with Crippen molar-refractivity contribution in [2.45, 2.75) is 57.7 Å². The Labute approximate surface area is 274 Å². The molecule has 0 radical (unpaired) electrons. The second-order valence-corrected chi connectivity index (χ2v) is 13.2. The van der Waals surface area contributed by atoms with Crippen LogP contribution in [0.5, 0.6) is 6.01 Å². The minimum Gasteiger partial charge on any atom is -0.459 e. The number of nitrogens with zero attached hydrogens (tertiary/aromatic N) is 8. The van der Waals surface area contributed by atoms with Crippen LogP contribution in [0.4, 0.5) is 20.3 Å². The van der Waals surface area contributed by atoms with E-state index in [-0.39, 0.29) is 49.4 Å². The number of anilines is 2. The summed E-state index contributed by atoms with van der Waals surface area (Å²) in [6.45, 7) is 19.3. The maximum Gasteiger partial charge on any atom is 0.318 e. The molecule has 0 N–H and O–H groups in total. The van der Waals surface area contributed by atoms with Gasteiger partial charge in [-0.25, -0.2) is 15.4 Å². The third-order valence-corrected chi connectivity index (χ3v) is 9.50. The average molecular weight is 645 g/mol. The van der Waals surface area contributed by atoms with Crippen LogP contribution in [-0.2, 0) is 17.8 Å². The van der Waals surface area contributed by atoms with E-state index in [1.54, 1.807) is 4.90 Å². The summed E-state index contributed by atoms with van der Waals surface area (Å²) in [6, 6.07) is 6.20. The molecule has 0 unspecified atom stereocenters. The summed E-state index contributed by atoms with van der Waals surface area (Å²) >= 11 is 0. The first-order valence-corrected chi connectivity index (χ1v) is 16.3. The average Bonchev–Trinajstić information content (AvgIpc) is 3.02. The lowest BCUT2D eigenvalue weighted by Gasteiger charge is -2.41. The molecule has 1 saturated carbocycles. The third-order valence-electron chi connectivity index (χ3n) is 9.50. The topological polar surface area (TPSA) is 82.3 Å². The van der Waals surface area contributed by atoms with Gasteiger partial charge in [0.15, 0.2) is 0 Å². The molecule has 3 aromatic rings. The first-order chi connectivity index (χ1) is 22.5. The maximum absolute atomic E-state index is 13.4. The number of aryl methyl sites for hydroxylation is 1. The molecule has 12 heteroatoms. The molecular weight excluding hydrogens is 602 g/mol. The molecule has 2 fully saturated rings. The summed E-state index contributed by atoms with van der Waals surface area (Å²) < 4.78 is 33.1. The van der Waals surface area contributed by atoms with E-state index in [0.717, 1.165) is 34.7 Å². The van der Waals surface area contributed by atoms with Crippen LogP contribution in [0.25, 0.3) is 15.6 Å². The van der Waals surface area contributed by atoms with Crippen LogP contribution >= 0.6 is 0 Å². The number of piperazine rings is 1. The van der Waals surface area contributed by atoms with E-state index in [2.05, 4.69) is 45.3 Å².